The first-order chi connectivity index (χ1) is 24.2. The molecule has 0 rings (SSSR count). The van der Waals surface area contributed by atoms with Gasteiger partial charge in [-0.05, 0) is 34.1 Å². The molecule has 52 heavy (non-hydrogen) atoms. The second-order valence-corrected chi connectivity index (χ2v) is 12.4. The Morgan fingerprint density at radius 3 is 1.21 bits per heavy atom. The number of carbonyl (C=O) groups excluding carboxylic acids is 6. The Kier molecular flexibility index (Phi) is 21.0. The van der Waals surface area contributed by atoms with E-state index in [4.69, 9.17) is 43.4 Å². The summed E-state index contributed by atoms with van der Waals surface area (Å²) in [6.07, 6.45) is -2.73. The van der Waals surface area contributed by atoms with Crippen molar-refractivity contribution in [3.05, 3.63) is 48.6 Å². The number of carboxylic acid groups (broad SMARTS) is 2. The standard InChI is InChI=1S/C35H48O17/c1-22(2)30(42)49-18-34(17-48-29(41)12-11-28(39)40,16-47-26(13-36)9-10-27(37)38)14-46-15-35(19-50-31(43)23(3)4,20-51-32(44)24(5)6)21-52-33(45)25(7)8/h13,26H,1,3,5,7,9-12,14-21H2,2,4,6,8H3,(H,37,38)(H,39,40). The summed E-state index contributed by atoms with van der Waals surface area (Å²) >= 11 is 0. The van der Waals surface area contributed by atoms with Crippen molar-refractivity contribution in [2.75, 3.05) is 52.9 Å². The average Bonchev–Trinajstić information content (AvgIpc) is 3.07. The Labute approximate surface area is 301 Å². The van der Waals surface area contributed by atoms with Gasteiger partial charge in [-0.15, -0.1) is 0 Å². The van der Waals surface area contributed by atoms with Crippen LogP contribution in [0.1, 0.15) is 53.4 Å². The Morgan fingerprint density at radius 2 is 0.885 bits per heavy atom. The van der Waals surface area contributed by atoms with Crippen molar-refractivity contribution in [3.8, 4) is 0 Å². The predicted octanol–water partition coefficient (Wildman–Crippen LogP) is 2.31. The lowest BCUT2D eigenvalue weighted by Crippen LogP contribution is -2.47. The molecule has 2 atom stereocenters. The van der Waals surface area contributed by atoms with Gasteiger partial charge in [0.1, 0.15) is 45.4 Å². The summed E-state index contributed by atoms with van der Waals surface area (Å²) in [5.74, 6) is -6.85. The third kappa shape index (κ3) is 19.3. The molecule has 0 bridgehead atoms. The van der Waals surface area contributed by atoms with Crippen LogP contribution in [0, 0.1) is 10.8 Å². The van der Waals surface area contributed by atoms with Crippen molar-refractivity contribution in [3.63, 3.8) is 0 Å². The molecule has 0 aliphatic rings. The fraction of sp³-hybridized carbons (Fsp3) is 0.543. The van der Waals surface area contributed by atoms with E-state index in [1.807, 2.05) is 0 Å². The molecule has 0 fully saturated rings. The molecule has 2 N–H and O–H groups in total. The number of rotatable bonds is 28. The fourth-order valence-electron chi connectivity index (χ4n) is 3.61. The van der Waals surface area contributed by atoms with Crippen LogP contribution < -0.4 is 0 Å². The van der Waals surface area contributed by atoms with E-state index in [-0.39, 0.29) is 28.7 Å². The first kappa shape index (κ1) is 46.8. The largest absolute Gasteiger partial charge is 0.481 e. The highest BCUT2D eigenvalue weighted by molar-refractivity contribution is 5.88. The monoisotopic (exact) mass is 740 g/mol. The van der Waals surface area contributed by atoms with Crippen LogP contribution in [0.2, 0.25) is 0 Å². The van der Waals surface area contributed by atoms with E-state index in [0.717, 1.165) is 0 Å². The van der Waals surface area contributed by atoms with E-state index >= 15 is 0 Å². The maximum atomic E-state index is 12.5. The van der Waals surface area contributed by atoms with Crippen molar-refractivity contribution in [1.82, 2.24) is 0 Å². The zero-order valence-electron chi connectivity index (χ0n) is 30.0. The van der Waals surface area contributed by atoms with Crippen LogP contribution >= 0.6 is 0 Å². The van der Waals surface area contributed by atoms with Gasteiger partial charge in [0.15, 0.2) is 0 Å². The second kappa shape index (κ2) is 23.3. The quantitative estimate of drug-likeness (QED) is 0.0506. The van der Waals surface area contributed by atoms with Gasteiger partial charge in [0, 0.05) is 28.7 Å². The van der Waals surface area contributed by atoms with Gasteiger partial charge < -0.3 is 48.2 Å². The van der Waals surface area contributed by atoms with Crippen LogP contribution in [0.25, 0.3) is 0 Å². The van der Waals surface area contributed by atoms with Crippen molar-refractivity contribution in [2.24, 2.45) is 10.8 Å². The number of esters is 5. The highest BCUT2D eigenvalue weighted by Gasteiger charge is 2.41. The van der Waals surface area contributed by atoms with Gasteiger partial charge in [0.05, 0.1) is 43.5 Å². The number of hydrogen-bond donors (Lipinski definition) is 2. The normalized spacial score (nSPS) is 12.5. The molecule has 0 radical (unpaired) electrons. The highest BCUT2D eigenvalue weighted by Crippen LogP contribution is 2.27. The molecule has 0 amide bonds. The van der Waals surface area contributed by atoms with Gasteiger partial charge in [-0.2, -0.15) is 0 Å². The topological polar surface area (TPSA) is 242 Å². The third-order valence-electron chi connectivity index (χ3n) is 6.73. The summed E-state index contributed by atoms with van der Waals surface area (Å²) in [7, 11) is 0. The first-order valence-corrected chi connectivity index (χ1v) is 15.7. The molecular weight excluding hydrogens is 692 g/mol. The van der Waals surface area contributed by atoms with E-state index in [9.17, 15) is 38.4 Å². The number of ether oxygens (including phenoxy) is 7. The molecule has 0 aliphatic carbocycles. The molecule has 17 nitrogen and oxygen atoms in total. The van der Waals surface area contributed by atoms with Crippen LogP contribution in [0.15, 0.2) is 48.6 Å². The maximum Gasteiger partial charge on any atom is 0.333 e. The number of aliphatic carboxylic acids is 2. The molecule has 0 spiro atoms. The lowest BCUT2D eigenvalue weighted by Gasteiger charge is -2.36. The summed E-state index contributed by atoms with van der Waals surface area (Å²) in [6, 6.07) is 0. The summed E-state index contributed by atoms with van der Waals surface area (Å²) in [5, 5.41) is 18.0. The molecule has 0 saturated heterocycles. The SMILES string of the molecule is C=C(C)C(=O)OCC(COCC(COC(=O)CCC(=O)O)(COC(=O)C(=C)C)COC(C=O)CCC(=O)O)(COC(=O)C(=C)C)COC(=O)C(=C)C. The van der Waals surface area contributed by atoms with Gasteiger partial charge in [-0.1, -0.05) is 26.3 Å². The average molecular weight is 741 g/mol. The maximum absolute atomic E-state index is 12.5. The highest BCUT2D eigenvalue weighted by atomic mass is 16.6. The van der Waals surface area contributed by atoms with Gasteiger partial charge >= 0.3 is 41.8 Å². The second-order valence-electron chi connectivity index (χ2n) is 12.4. The molecule has 0 saturated carbocycles. The lowest BCUT2D eigenvalue weighted by atomic mass is 9.90. The van der Waals surface area contributed by atoms with Gasteiger partial charge in [-0.25, -0.2) is 19.2 Å². The van der Waals surface area contributed by atoms with Crippen molar-refractivity contribution in [2.45, 2.75) is 59.5 Å². The summed E-state index contributed by atoms with van der Waals surface area (Å²) in [6.45, 7) is 15.0. The van der Waals surface area contributed by atoms with Gasteiger partial charge in [0.2, 0.25) is 0 Å². The van der Waals surface area contributed by atoms with Crippen LogP contribution in [0.3, 0.4) is 0 Å². The first-order valence-electron chi connectivity index (χ1n) is 15.7. The summed E-state index contributed by atoms with van der Waals surface area (Å²) in [4.78, 5) is 96.0. The molecule has 0 aliphatic heterocycles. The Morgan fingerprint density at radius 1 is 0.538 bits per heavy atom. The Hall–Kier alpha value is -5.16. The minimum atomic E-state index is -1.67. The predicted molar refractivity (Wildman–Crippen MR) is 179 cm³/mol. The number of carbonyl (C=O) groups is 8. The summed E-state index contributed by atoms with van der Waals surface area (Å²) in [5.41, 5.74) is -3.26. The number of aldehydes is 1. The minimum absolute atomic E-state index is 0.0144. The van der Waals surface area contributed by atoms with Crippen molar-refractivity contribution in [1.29, 1.82) is 0 Å². The molecule has 290 valence electrons. The lowest BCUT2D eigenvalue weighted by molar-refractivity contribution is -0.173. The molecule has 0 aromatic heterocycles. The molecular formula is C35H48O17. The van der Waals surface area contributed by atoms with Gasteiger partial charge in [-0.3, -0.25) is 14.4 Å². The molecule has 0 aromatic carbocycles. The zero-order valence-corrected chi connectivity index (χ0v) is 30.0. The molecule has 17 heteroatoms. The van der Waals surface area contributed by atoms with Crippen LogP contribution in [0.4, 0.5) is 0 Å². The van der Waals surface area contributed by atoms with E-state index < -0.39 is 131 Å². The Bertz CT molecular complexity index is 1300. The fourth-order valence-corrected chi connectivity index (χ4v) is 3.61. The third-order valence-corrected chi connectivity index (χ3v) is 6.73. The van der Waals surface area contributed by atoms with E-state index in [2.05, 4.69) is 26.3 Å². The van der Waals surface area contributed by atoms with E-state index in [1.165, 1.54) is 27.7 Å². The summed E-state index contributed by atoms with van der Waals surface area (Å²) < 4.78 is 38.4. The zero-order chi connectivity index (χ0) is 40.1. The van der Waals surface area contributed by atoms with E-state index in [1.54, 1.807) is 0 Å². The van der Waals surface area contributed by atoms with Gasteiger partial charge in [0.25, 0.3) is 0 Å². The van der Waals surface area contributed by atoms with Crippen molar-refractivity contribution < 1.29 is 81.7 Å². The van der Waals surface area contributed by atoms with Crippen LogP contribution in [-0.4, -0.2) is 117 Å². The Balaban J connectivity index is 6.86. The minimum Gasteiger partial charge on any atom is -0.481 e. The van der Waals surface area contributed by atoms with Crippen LogP contribution in [0.5, 0.6) is 0 Å². The van der Waals surface area contributed by atoms with Crippen molar-refractivity contribution >= 4 is 48.1 Å². The molecule has 2 unspecified atom stereocenters. The smallest absolute Gasteiger partial charge is 0.333 e. The van der Waals surface area contributed by atoms with E-state index in [0.29, 0.717) is 6.29 Å². The number of hydrogen-bond acceptors (Lipinski definition) is 15. The molecule has 0 aromatic rings. The number of carboxylic acids is 2. The molecule has 0 heterocycles. The van der Waals surface area contributed by atoms with Crippen LogP contribution in [-0.2, 0) is 71.5 Å².